The summed E-state index contributed by atoms with van der Waals surface area (Å²) >= 11 is 0. The summed E-state index contributed by atoms with van der Waals surface area (Å²) in [5.41, 5.74) is -1.67. The van der Waals surface area contributed by atoms with Crippen molar-refractivity contribution >= 4 is 118 Å². The zero-order valence-corrected chi connectivity index (χ0v) is 79.9. The molecule has 4 aliphatic rings. The van der Waals surface area contributed by atoms with Crippen molar-refractivity contribution in [1.29, 1.82) is 0 Å². The molecule has 4 fully saturated rings. The number of nitrogens with zero attached hydrogens (tertiary/aromatic N) is 16. The number of hydrogen-bond donors (Lipinski definition) is 14. The second-order valence-electron chi connectivity index (χ2n) is 36.6. The first-order chi connectivity index (χ1) is 64.6. The molecule has 4 saturated heterocycles. The summed E-state index contributed by atoms with van der Waals surface area (Å²) in [7, 11) is 0. The van der Waals surface area contributed by atoms with Gasteiger partial charge in [-0.25, -0.2) is 0 Å². The summed E-state index contributed by atoms with van der Waals surface area (Å²) in [6, 6.07) is 0. The SMILES string of the molecule is CC(=O)CN1CCN(CC(=O)O)CCN(CC(=O)C(C)CC(=O)NCC(CCC(=O)CC(C)C(=O)CN2CCN(CC(=O)O)CCN(CC(=O)O)CCN(CC(=O)O)CC2)(CNC(=O)CC(C)C(=O)CN2CCN(CC(=O)O)CCN(CC(=O)O)CCN(CC(=O)O)CC2)CNC(=O)CC(C)C(=O)CN2CCN(CC(=O)O)CCN(CC(=O)O)CCN(CC(=O)O)CC2)CCN(CC(=O)O)CC1. The molecule has 14 N–H and O–H groups in total. The molecular weight excluding hydrogens is 1810 g/mol. The molecule has 0 aromatic carbocycles. The Bertz CT molecular complexity index is 3380. The number of hydrogen-bond acceptors (Lipinski definition) is 36. The average molecular weight is 1960 g/mol. The summed E-state index contributed by atoms with van der Waals surface area (Å²) in [6.45, 7) is 2.87. The van der Waals surface area contributed by atoms with Crippen molar-refractivity contribution in [2.75, 3.05) is 334 Å². The van der Waals surface area contributed by atoms with Crippen LogP contribution in [0.2, 0.25) is 0 Å². The molecule has 3 amide bonds. The Morgan fingerprint density at radius 2 is 0.343 bits per heavy atom. The first-order valence-corrected chi connectivity index (χ1v) is 46.5. The lowest BCUT2D eigenvalue weighted by atomic mass is 9.80. The summed E-state index contributed by atoms with van der Waals surface area (Å²) in [5, 5.41) is 117. The smallest absolute Gasteiger partial charge is 0.317 e. The van der Waals surface area contributed by atoms with Crippen molar-refractivity contribution in [2.24, 2.45) is 29.1 Å². The highest BCUT2D eigenvalue weighted by Crippen LogP contribution is 2.26. The zero-order valence-electron chi connectivity index (χ0n) is 79.9. The molecule has 0 saturated carbocycles. The van der Waals surface area contributed by atoms with Gasteiger partial charge in [-0.1, -0.05) is 27.7 Å². The fourth-order valence-electron chi connectivity index (χ4n) is 16.4. The van der Waals surface area contributed by atoms with Gasteiger partial charge in [-0.05, 0) is 13.3 Å². The van der Waals surface area contributed by atoms with Crippen LogP contribution in [0.15, 0.2) is 0 Å². The number of nitrogens with one attached hydrogen (secondary N) is 3. The lowest BCUT2D eigenvalue weighted by molar-refractivity contribution is -0.140. The fourth-order valence-corrected chi connectivity index (χ4v) is 16.4. The Morgan fingerprint density at radius 1 is 0.212 bits per heavy atom. The first-order valence-electron chi connectivity index (χ1n) is 46.5. The number of rotatable bonds is 53. The van der Waals surface area contributed by atoms with E-state index in [0.29, 0.717) is 0 Å². The highest BCUT2D eigenvalue weighted by atomic mass is 16.4. The van der Waals surface area contributed by atoms with Crippen molar-refractivity contribution in [3.05, 3.63) is 0 Å². The van der Waals surface area contributed by atoms with Crippen LogP contribution >= 0.6 is 0 Å². The number of aliphatic carboxylic acids is 11. The molecule has 50 heteroatoms. The molecule has 0 spiro atoms. The summed E-state index contributed by atoms with van der Waals surface area (Å²) in [5.74, 6) is -22.1. The van der Waals surface area contributed by atoms with Gasteiger partial charge in [-0.2, -0.15) is 0 Å². The maximum absolute atomic E-state index is 14.8. The molecule has 776 valence electrons. The first kappa shape index (κ1) is 119. The number of Topliss-reactive ketones (excluding diaryl/α,β-unsaturated/α-hetero) is 6. The van der Waals surface area contributed by atoms with E-state index in [4.69, 9.17) is 0 Å². The van der Waals surface area contributed by atoms with Crippen LogP contribution in [-0.4, -0.2) is 586 Å². The molecule has 0 bridgehead atoms. The minimum atomic E-state index is -1.67. The van der Waals surface area contributed by atoms with Gasteiger partial charge in [0.15, 0.2) is 0 Å². The van der Waals surface area contributed by atoms with Gasteiger partial charge in [0.05, 0.1) is 105 Å². The van der Waals surface area contributed by atoms with Crippen molar-refractivity contribution in [2.45, 2.75) is 73.1 Å². The van der Waals surface area contributed by atoms with E-state index in [1.165, 1.54) is 34.6 Å². The fraction of sp³-hybridized carbons (Fsp3) is 0.770. The second kappa shape index (κ2) is 63.5. The Labute approximate surface area is 797 Å². The Kier molecular flexibility index (Phi) is 55.3. The Hall–Kier alpha value is -10.0. The number of carboxylic acids is 11. The maximum Gasteiger partial charge on any atom is 0.317 e. The molecule has 4 atom stereocenters. The van der Waals surface area contributed by atoms with Gasteiger partial charge in [0, 0.05) is 290 Å². The molecule has 4 rings (SSSR count). The van der Waals surface area contributed by atoms with E-state index in [2.05, 4.69) is 16.0 Å². The number of ketones is 6. The molecule has 0 aromatic heterocycles. The predicted molar refractivity (Wildman–Crippen MR) is 489 cm³/mol. The van der Waals surface area contributed by atoms with Gasteiger partial charge < -0.3 is 72.1 Å². The van der Waals surface area contributed by atoms with E-state index in [1.54, 1.807) is 78.4 Å². The minimum Gasteiger partial charge on any atom is -0.480 e. The van der Waals surface area contributed by atoms with Gasteiger partial charge in [0.1, 0.15) is 34.7 Å². The zero-order chi connectivity index (χ0) is 102. The molecule has 137 heavy (non-hydrogen) atoms. The van der Waals surface area contributed by atoms with Crippen LogP contribution in [0.1, 0.15) is 73.1 Å². The third kappa shape index (κ3) is 53.6. The van der Waals surface area contributed by atoms with Gasteiger partial charge in [0.2, 0.25) is 17.7 Å². The van der Waals surface area contributed by atoms with Crippen LogP contribution in [0.5, 0.6) is 0 Å². The van der Waals surface area contributed by atoms with Crippen LogP contribution in [0, 0.1) is 29.1 Å². The molecule has 4 heterocycles. The average Bonchev–Trinajstić information content (AvgIpc) is 0.795. The molecule has 0 aliphatic carbocycles. The molecule has 0 aromatic rings. The number of carbonyl (C=O) groups is 20. The van der Waals surface area contributed by atoms with Crippen LogP contribution in [-0.2, 0) is 95.9 Å². The van der Waals surface area contributed by atoms with Crippen molar-refractivity contribution in [1.82, 2.24) is 94.3 Å². The standard InChI is InChI=1S/C87H147N19O31/c1-63(69(109)45-92-10-22-98(51-78(120)121)28-34-104(57-84(132)133)35-29-99(23-11-92)52-79(122)123)40-68(108)6-7-87(60-88-73(113)41-64(2)70(110)46-93-12-20-96(49-76(116)117)18-8-91(44-67(5)107)9-19-97(21-13-93)50-77(118)119,61-89-74(114)42-65(3)71(111)47-94-14-24-100(53-80(124)125)30-36-105(58-85(134)135)37-31-101(25-15-94)54-81(126)127)62-90-75(115)43-66(4)72(112)48-95-16-26-102(55-82(128)129)32-38-106(59-86(136)137)39-33-103(27-17-95)56-83(130)131/h63-66H,6-62H2,1-5H3,(H,88,113)(H,89,114)(H,90,115)(H,116,117)(H,118,119)(H,120,121)(H,122,123)(H,124,125)(H,126,127)(H,128,129)(H,130,131)(H,132,133)(H,134,135)(H,136,137). The highest BCUT2D eigenvalue weighted by molar-refractivity contribution is 5.91. The summed E-state index contributed by atoms with van der Waals surface area (Å²) in [6.07, 6.45) is -2.73. The predicted octanol–water partition coefficient (Wildman–Crippen LogP) is -7.54. The van der Waals surface area contributed by atoms with Crippen molar-refractivity contribution < 1.29 is 152 Å². The van der Waals surface area contributed by atoms with E-state index in [0.717, 1.165) is 0 Å². The lowest BCUT2D eigenvalue weighted by Crippen LogP contribution is -2.52. The highest BCUT2D eigenvalue weighted by Gasteiger charge is 2.37. The van der Waals surface area contributed by atoms with Crippen LogP contribution < -0.4 is 16.0 Å². The van der Waals surface area contributed by atoms with Gasteiger partial charge >= 0.3 is 65.7 Å². The Balaban J connectivity index is 1.82. The van der Waals surface area contributed by atoms with E-state index in [1.807, 2.05) is 0 Å². The molecule has 50 nitrogen and oxygen atoms in total. The third-order valence-electron chi connectivity index (χ3n) is 24.8. The largest absolute Gasteiger partial charge is 0.480 e. The van der Waals surface area contributed by atoms with Gasteiger partial charge in [-0.3, -0.25) is 174 Å². The van der Waals surface area contributed by atoms with Crippen molar-refractivity contribution in [3.8, 4) is 0 Å². The molecule has 0 radical (unpaired) electrons. The van der Waals surface area contributed by atoms with E-state index in [-0.39, 0.29) is 254 Å². The number of carbonyl (C=O) groups excluding carboxylic acids is 9. The monoisotopic (exact) mass is 1950 g/mol. The Morgan fingerprint density at radius 3 is 0.482 bits per heavy atom. The molecule has 4 unspecified atom stereocenters. The van der Waals surface area contributed by atoms with Crippen LogP contribution in [0.3, 0.4) is 0 Å². The second-order valence-corrected chi connectivity index (χ2v) is 36.6. The van der Waals surface area contributed by atoms with E-state index >= 15 is 0 Å². The van der Waals surface area contributed by atoms with E-state index < -0.39 is 265 Å². The third-order valence-corrected chi connectivity index (χ3v) is 24.8. The summed E-state index contributed by atoms with van der Waals surface area (Å²) in [4.78, 5) is 288. The van der Waals surface area contributed by atoms with Crippen LogP contribution in [0.4, 0.5) is 0 Å². The van der Waals surface area contributed by atoms with E-state index in [9.17, 15) is 152 Å². The molecule has 4 aliphatic heterocycles. The van der Waals surface area contributed by atoms with Gasteiger partial charge in [-0.15, -0.1) is 0 Å². The molecular formula is C87H147N19O31. The number of carboxylic acid groups (broad SMARTS) is 11. The number of amides is 3. The van der Waals surface area contributed by atoms with Gasteiger partial charge in [0.25, 0.3) is 0 Å². The van der Waals surface area contributed by atoms with Crippen molar-refractivity contribution in [3.63, 3.8) is 0 Å². The maximum atomic E-state index is 14.8. The summed E-state index contributed by atoms with van der Waals surface area (Å²) < 4.78 is 0. The quantitative estimate of drug-likeness (QED) is 0.0269. The topological polar surface area (TPSA) is 652 Å². The van der Waals surface area contributed by atoms with Crippen LogP contribution in [0.25, 0.3) is 0 Å². The lowest BCUT2D eigenvalue weighted by Gasteiger charge is -2.35. The minimum absolute atomic E-state index is 0.0299. The normalized spacial score (nSPS) is 19.7.